The molecule has 0 unspecified atom stereocenters. The molecular formula is C36H41Cl3N6O6. The zero-order chi connectivity index (χ0) is 35.9. The Morgan fingerprint density at radius 3 is 1.75 bits per heavy atom. The van der Waals surface area contributed by atoms with Gasteiger partial charge in [0.15, 0.2) is 5.82 Å². The molecule has 0 saturated heterocycles. The Morgan fingerprint density at radius 2 is 1.27 bits per heavy atom. The molecule has 272 valence electrons. The number of nitrogens with zero attached hydrogens (tertiary/aromatic N) is 5. The maximum Gasteiger partial charge on any atom is 0.341 e. The van der Waals surface area contributed by atoms with Gasteiger partial charge in [-0.05, 0) is 113 Å². The van der Waals surface area contributed by atoms with Gasteiger partial charge >= 0.3 is 11.9 Å². The highest BCUT2D eigenvalue weighted by atomic mass is 35.5. The predicted molar refractivity (Wildman–Crippen MR) is 191 cm³/mol. The summed E-state index contributed by atoms with van der Waals surface area (Å²) < 4.78 is 23.3. The van der Waals surface area contributed by atoms with Crippen LogP contribution in [0.1, 0.15) is 85.9 Å². The minimum Gasteiger partial charge on any atom is -0.474 e. The van der Waals surface area contributed by atoms with Crippen LogP contribution >= 0.6 is 34.8 Å². The molecule has 0 spiro atoms. The van der Waals surface area contributed by atoms with Gasteiger partial charge in [0.2, 0.25) is 11.8 Å². The molecular weight excluding hydrogens is 719 g/mol. The van der Waals surface area contributed by atoms with Gasteiger partial charge in [0.25, 0.3) is 0 Å². The van der Waals surface area contributed by atoms with E-state index >= 15 is 0 Å². The van der Waals surface area contributed by atoms with Crippen molar-refractivity contribution in [3.05, 3.63) is 75.4 Å². The Balaban J connectivity index is 0.000000145. The van der Waals surface area contributed by atoms with Crippen LogP contribution < -0.4 is 9.47 Å². The molecule has 4 aliphatic rings. The molecule has 0 atom stereocenters. The maximum absolute atomic E-state index is 11.8. The van der Waals surface area contributed by atoms with E-state index in [1.54, 1.807) is 43.1 Å². The van der Waals surface area contributed by atoms with Crippen LogP contribution in [-0.4, -0.2) is 67.3 Å². The number of rotatable bonds is 13. The topological polar surface area (TPSA) is 143 Å². The number of hydrogen-bond donors (Lipinski definition) is 1. The second-order valence-electron chi connectivity index (χ2n) is 13.0. The van der Waals surface area contributed by atoms with E-state index in [9.17, 15) is 9.59 Å². The van der Waals surface area contributed by atoms with E-state index in [0.717, 1.165) is 17.7 Å². The summed E-state index contributed by atoms with van der Waals surface area (Å²) in [5.74, 6) is 4.04. The first-order chi connectivity index (χ1) is 24.7. The van der Waals surface area contributed by atoms with E-state index in [-0.39, 0.29) is 26.6 Å². The van der Waals surface area contributed by atoms with Gasteiger partial charge in [0, 0.05) is 18.3 Å². The monoisotopic (exact) mass is 758 g/mol. The van der Waals surface area contributed by atoms with Crippen molar-refractivity contribution in [2.75, 3.05) is 13.2 Å². The molecule has 0 bridgehead atoms. The second-order valence-corrected chi connectivity index (χ2v) is 14.1. The average molecular weight is 760 g/mol. The van der Waals surface area contributed by atoms with E-state index in [0.29, 0.717) is 49.0 Å². The molecule has 12 nitrogen and oxygen atoms in total. The minimum atomic E-state index is -0.489. The second kappa shape index (κ2) is 17.1. The fourth-order valence-electron chi connectivity index (χ4n) is 5.63. The number of pyridine rings is 2. The Kier molecular flexibility index (Phi) is 12.4. The number of aromatic nitrogens is 6. The molecule has 8 rings (SSSR count). The van der Waals surface area contributed by atoms with Gasteiger partial charge in [-0.25, -0.2) is 29.3 Å². The predicted octanol–water partition coefficient (Wildman–Crippen LogP) is 8.21. The van der Waals surface area contributed by atoms with Crippen LogP contribution in [-0.2, 0) is 9.47 Å². The van der Waals surface area contributed by atoms with Gasteiger partial charge < -0.3 is 18.9 Å². The van der Waals surface area contributed by atoms with E-state index < -0.39 is 11.9 Å². The SMILES string of the molecule is CCOC(=O)c1ccc(-n2ccc(OC(C3CC3)C3CC3)n2)nc1Cl.CCOC(=O)c1ccc(Cl)nc1Cl.c1cc(OC(C2CC2)C2CC2)[nH]n1. The first-order valence-corrected chi connectivity index (χ1v) is 18.6. The molecule has 0 aromatic carbocycles. The number of hydrogen-bond acceptors (Lipinski definition) is 10. The molecule has 4 aliphatic carbocycles. The highest BCUT2D eigenvalue weighted by molar-refractivity contribution is 6.34. The maximum atomic E-state index is 11.8. The number of ether oxygens (including phenoxy) is 4. The minimum absolute atomic E-state index is 0.0611. The van der Waals surface area contributed by atoms with Crippen LogP contribution in [0.2, 0.25) is 15.5 Å². The number of esters is 2. The lowest BCUT2D eigenvalue weighted by atomic mass is 10.1. The fraction of sp³-hybridized carbons (Fsp3) is 0.500. The van der Waals surface area contributed by atoms with E-state index in [1.165, 1.54) is 63.5 Å². The summed E-state index contributed by atoms with van der Waals surface area (Å²) in [5, 5.41) is 11.6. The third-order valence-corrected chi connectivity index (χ3v) is 9.57. The number of halogens is 3. The van der Waals surface area contributed by atoms with Crippen molar-refractivity contribution in [2.24, 2.45) is 23.7 Å². The summed E-state index contributed by atoms with van der Waals surface area (Å²) >= 11 is 17.3. The van der Waals surface area contributed by atoms with Gasteiger partial charge in [-0.3, -0.25) is 0 Å². The summed E-state index contributed by atoms with van der Waals surface area (Å²) in [6.45, 7) is 4.06. The van der Waals surface area contributed by atoms with Crippen molar-refractivity contribution >= 4 is 46.7 Å². The van der Waals surface area contributed by atoms with Gasteiger partial charge in [-0.2, -0.15) is 5.10 Å². The molecule has 51 heavy (non-hydrogen) atoms. The van der Waals surface area contributed by atoms with Crippen LogP contribution in [0.25, 0.3) is 5.82 Å². The van der Waals surface area contributed by atoms with Gasteiger partial charge in [0.05, 0.1) is 30.5 Å². The third kappa shape index (κ3) is 10.6. The quantitative estimate of drug-likeness (QED) is 0.105. The molecule has 15 heteroatoms. The van der Waals surface area contributed by atoms with Gasteiger partial charge in [-0.1, -0.05) is 34.8 Å². The number of carbonyl (C=O) groups excluding carboxylic acids is 2. The Bertz CT molecular complexity index is 1750. The molecule has 0 aliphatic heterocycles. The molecule has 0 radical (unpaired) electrons. The van der Waals surface area contributed by atoms with Gasteiger partial charge in [-0.15, -0.1) is 5.10 Å². The van der Waals surface area contributed by atoms with Crippen LogP contribution in [0.15, 0.2) is 48.8 Å². The zero-order valence-electron chi connectivity index (χ0n) is 28.5. The first-order valence-electron chi connectivity index (χ1n) is 17.5. The van der Waals surface area contributed by atoms with E-state index in [1.807, 2.05) is 12.1 Å². The Morgan fingerprint density at radius 1 is 0.745 bits per heavy atom. The summed E-state index contributed by atoms with van der Waals surface area (Å²) in [6, 6.07) is 10.00. The molecule has 4 saturated carbocycles. The summed E-state index contributed by atoms with van der Waals surface area (Å²) in [7, 11) is 0. The van der Waals surface area contributed by atoms with Crippen molar-refractivity contribution < 1.29 is 28.5 Å². The van der Waals surface area contributed by atoms with Crippen LogP contribution in [0.3, 0.4) is 0 Å². The fourth-order valence-corrected chi connectivity index (χ4v) is 6.28. The molecule has 4 aromatic heterocycles. The molecule has 4 fully saturated rings. The summed E-state index contributed by atoms with van der Waals surface area (Å²) in [4.78, 5) is 30.9. The number of nitrogens with one attached hydrogen (secondary N) is 1. The highest BCUT2D eigenvalue weighted by Gasteiger charge is 2.44. The lowest BCUT2D eigenvalue weighted by Gasteiger charge is -2.16. The van der Waals surface area contributed by atoms with Crippen molar-refractivity contribution in [1.82, 2.24) is 29.9 Å². The summed E-state index contributed by atoms with van der Waals surface area (Å²) in [6.07, 6.45) is 14.8. The highest BCUT2D eigenvalue weighted by Crippen LogP contribution is 2.47. The van der Waals surface area contributed by atoms with Crippen LogP contribution in [0.4, 0.5) is 0 Å². The van der Waals surface area contributed by atoms with Crippen LogP contribution in [0, 0.1) is 23.7 Å². The third-order valence-electron chi connectivity index (χ3n) is 8.78. The van der Waals surface area contributed by atoms with Crippen molar-refractivity contribution in [3.8, 4) is 17.6 Å². The van der Waals surface area contributed by atoms with Crippen molar-refractivity contribution in [3.63, 3.8) is 0 Å². The van der Waals surface area contributed by atoms with Crippen molar-refractivity contribution in [2.45, 2.75) is 77.4 Å². The average Bonchev–Trinajstić information content (AvgIpc) is 3.89. The number of H-pyrrole nitrogens is 1. The number of carbonyl (C=O) groups is 2. The lowest BCUT2D eigenvalue weighted by molar-refractivity contribution is 0.0516. The largest absolute Gasteiger partial charge is 0.474 e. The van der Waals surface area contributed by atoms with Crippen LogP contribution in [0.5, 0.6) is 11.8 Å². The van der Waals surface area contributed by atoms with Gasteiger partial charge in [0.1, 0.15) is 27.7 Å². The lowest BCUT2D eigenvalue weighted by Crippen LogP contribution is -2.21. The molecule has 1 N–H and O–H groups in total. The smallest absolute Gasteiger partial charge is 0.341 e. The Hall–Kier alpha value is -3.87. The normalized spacial score (nSPS) is 16.5. The number of aromatic amines is 1. The van der Waals surface area contributed by atoms with E-state index in [4.69, 9.17) is 53.8 Å². The molecule has 0 amide bonds. The molecule has 4 aromatic rings. The summed E-state index contributed by atoms with van der Waals surface area (Å²) in [5.41, 5.74) is 0.478. The zero-order valence-corrected chi connectivity index (χ0v) is 30.7. The van der Waals surface area contributed by atoms with Crippen molar-refractivity contribution in [1.29, 1.82) is 0 Å². The van der Waals surface area contributed by atoms with E-state index in [2.05, 4.69) is 25.3 Å². The Labute approximate surface area is 311 Å². The first kappa shape index (κ1) is 36.9. The standard InChI is InChI=1S/C18H20ClN3O3.C10H14N2O.C8H7Cl2NO2/c1-2-24-18(23)13-7-8-14(20-17(13)19)22-10-9-15(21-22)25-16(11-3-4-11)12-5-6-12;1-2-7(1)10(8-3-4-8)13-9-5-6-11-12-9;1-2-13-8(12)5-3-4-6(9)11-7(5)10/h7-12,16H,2-6H2,1H3;5-8,10H,1-4H2,(H,11,12);3-4H,2H2,1H3. The molecule has 4 heterocycles.